The summed E-state index contributed by atoms with van der Waals surface area (Å²) in [6.45, 7) is 0.502. The zero-order valence-corrected chi connectivity index (χ0v) is 9.63. The normalized spacial score (nSPS) is 10.2. The molecule has 0 N–H and O–H groups in total. The van der Waals surface area contributed by atoms with Crippen molar-refractivity contribution in [1.82, 2.24) is 0 Å². The van der Waals surface area contributed by atoms with Gasteiger partial charge in [-0.3, -0.25) is 0 Å². The van der Waals surface area contributed by atoms with Crippen molar-refractivity contribution in [2.45, 2.75) is 13.0 Å². The number of ether oxygens (including phenoxy) is 1. The van der Waals surface area contributed by atoms with Crippen LogP contribution in [0.4, 0.5) is 0 Å². The summed E-state index contributed by atoms with van der Waals surface area (Å²) in [5, 5.41) is 10.6. The summed E-state index contributed by atoms with van der Waals surface area (Å²) in [5.41, 5.74) is 2.02. The fraction of sp³-hybridized carbons (Fsp3) is 0.200. The molecular weight excluding hydrogens is 212 g/mol. The van der Waals surface area contributed by atoms with Gasteiger partial charge in [0, 0.05) is 6.42 Å². The minimum absolute atomic E-state index is 0.152. The van der Waals surface area contributed by atoms with E-state index < -0.39 is 0 Å². The molecule has 1 radical (unpaired) electrons. The summed E-state index contributed by atoms with van der Waals surface area (Å²) < 4.78 is 5.60. The highest BCUT2D eigenvalue weighted by atomic mass is 16.5. The van der Waals surface area contributed by atoms with Crippen LogP contribution in [0.5, 0.6) is 5.75 Å². The molecule has 0 amide bonds. The Hall–Kier alpha value is -1.80. The Balaban J connectivity index is 1.82. The first-order valence-corrected chi connectivity index (χ1v) is 5.72. The summed E-state index contributed by atoms with van der Waals surface area (Å²) in [4.78, 5) is 0. The van der Waals surface area contributed by atoms with Gasteiger partial charge < -0.3 is 4.74 Å². The third kappa shape index (κ3) is 3.61. The van der Waals surface area contributed by atoms with Crippen LogP contribution in [0.3, 0.4) is 0 Å². The smallest absolute Gasteiger partial charge is 0.119 e. The molecule has 0 saturated carbocycles. The van der Waals surface area contributed by atoms with E-state index in [1.807, 2.05) is 54.6 Å². The Morgan fingerprint density at radius 1 is 0.824 bits per heavy atom. The molecule has 0 heterocycles. The molecule has 0 bridgehead atoms. The molecule has 0 aliphatic heterocycles. The summed E-state index contributed by atoms with van der Waals surface area (Å²) in [5.74, 6) is 0.892. The van der Waals surface area contributed by atoms with E-state index in [1.54, 1.807) is 0 Å². The Labute approximate surface area is 101 Å². The van der Waals surface area contributed by atoms with E-state index in [0.29, 0.717) is 6.61 Å². The van der Waals surface area contributed by atoms with Crippen LogP contribution in [-0.4, -0.2) is 6.61 Å². The summed E-state index contributed by atoms with van der Waals surface area (Å²) >= 11 is 0. The van der Waals surface area contributed by atoms with E-state index in [-0.39, 0.29) is 6.61 Å². The molecule has 87 valence electrons. The fourth-order valence-electron chi connectivity index (χ4n) is 1.61. The Bertz CT molecular complexity index is 434. The second-order valence-electron chi connectivity index (χ2n) is 3.87. The number of benzene rings is 2. The van der Waals surface area contributed by atoms with Crippen LogP contribution >= 0.6 is 0 Å². The maximum Gasteiger partial charge on any atom is 0.119 e. The number of hydrogen-bond acceptors (Lipinski definition) is 1. The molecule has 0 aromatic heterocycles. The van der Waals surface area contributed by atoms with Crippen LogP contribution < -0.4 is 4.74 Å². The first kappa shape index (κ1) is 11.7. The largest absolute Gasteiger partial charge is 0.493 e. The lowest BCUT2D eigenvalue weighted by atomic mass is 10.1. The van der Waals surface area contributed by atoms with Gasteiger partial charge in [0.1, 0.15) is 12.4 Å². The topological polar surface area (TPSA) is 29.1 Å². The SMILES string of the molecule is [O]Cc1ccc(CCOc2ccccc2)cc1. The van der Waals surface area contributed by atoms with E-state index in [1.165, 1.54) is 5.56 Å². The minimum atomic E-state index is -0.152. The molecule has 0 saturated heterocycles. The molecule has 2 heteroatoms. The van der Waals surface area contributed by atoms with Gasteiger partial charge in [-0.05, 0) is 23.3 Å². The average molecular weight is 227 g/mol. The summed E-state index contributed by atoms with van der Waals surface area (Å²) in [6.07, 6.45) is 0.855. The number of hydrogen-bond donors (Lipinski definition) is 0. The Morgan fingerprint density at radius 3 is 2.12 bits per heavy atom. The van der Waals surface area contributed by atoms with Gasteiger partial charge in [-0.2, -0.15) is 0 Å². The zero-order valence-electron chi connectivity index (χ0n) is 9.63. The highest BCUT2D eigenvalue weighted by molar-refractivity contribution is 5.23. The average Bonchev–Trinajstić information content (AvgIpc) is 2.41. The number of para-hydroxylation sites is 1. The highest BCUT2D eigenvalue weighted by Gasteiger charge is 1.96. The predicted molar refractivity (Wildman–Crippen MR) is 66.5 cm³/mol. The maximum absolute atomic E-state index is 10.6. The first-order chi connectivity index (χ1) is 8.38. The molecule has 2 nitrogen and oxygen atoms in total. The third-order valence-electron chi connectivity index (χ3n) is 2.59. The molecule has 2 aromatic carbocycles. The van der Waals surface area contributed by atoms with E-state index in [4.69, 9.17) is 4.74 Å². The Morgan fingerprint density at radius 2 is 1.47 bits per heavy atom. The summed E-state index contributed by atoms with van der Waals surface area (Å²) in [7, 11) is 0. The highest BCUT2D eigenvalue weighted by Crippen LogP contribution is 2.10. The predicted octanol–water partition coefficient (Wildman–Crippen LogP) is 3.24. The van der Waals surface area contributed by atoms with Crippen molar-refractivity contribution in [3.8, 4) is 5.75 Å². The van der Waals surface area contributed by atoms with Crippen LogP contribution in [0, 0.1) is 0 Å². The molecule has 0 aliphatic rings. The molecule has 0 atom stereocenters. The standard InChI is InChI=1S/C15H15O2/c16-12-14-8-6-13(7-9-14)10-11-17-15-4-2-1-3-5-15/h1-9H,10-12H2. The summed E-state index contributed by atoms with van der Waals surface area (Å²) in [6, 6.07) is 17.5. The molecule has 0 fully saturated rings. The monoisotopic (exact) mass is 227 g/mol. The molecule has 0 aliphatic carbocycles. The van der Waals surface area contributed by atoms with Crippen molar-refractivity contribution in [3.63, 3.8) is 0 Å². The van der Waals surface area contributed by atoms with Gasteiger partial charge in [0.2, 0.25) is 0 Å². The zero-order chi connectivity index (χ0) is 11.9. The maximum atomic E-state index is 10.6. The van der Waals surface area contributed by atoms with Crippen molar-refractivity contribution < 1.29 is 9.84 Å². The van der Waals surface area contributed by atoms with E-state index in [9.17, 15) is 5.11 Å². The van der Waals surface area contributed by atoms with Gasteiger partial charge in [-0.25, -0.2) is 5.11 Å². The molecule has 0 spiro atoms. The van der Waals surface area contributed by atoms with Gasteiger partial charge in [0.15, 0.2) is 0 Å². The van der Waals surface area contributed by atoms with Crippen LogP contribution in [0.2, 0.25) is 0 Å². The van der Waals surface area contributed by atoms with Gasteiger partial charge >= 0.3 is 0 Å². The van der Waals surface area contributed by atoms with Crippen molar-refractivity contribution in [2.24, 2.45) is 0 Å². The van der Waals surface area contributed by atoms with Crippen molar-refractivity contribution in [2.75, 3.05) is 6.61 Å². The van der Waals surface area contributed by atoms with Gasteiger partial charge in [-0.1, -0.05) is 42.5 Å². The molecule has 2 aromatic rings. The molecule has 2 rings (SSSR count). The first-order valence-electron chi connectivity index (χ1n) is 5.72. The molecule has 17 heavy (non-hydrogen) atoms. The minimum Gasteiger partial charge on any atom is -0.493 e. The lowest BCUT2D eigenvalue weighted by Crippen LogP contribution is -2.01. The second-order valence-corrected chi connectivity index (χ2v) is 3.87. The lowest BCUT2D eigenvalue weighted by molar-refractivity contribution is 0.177. The quantitative estimate of drug-likeness (QED) is 0.771. The van der Waals surface area contributed by atoms with Crippen LogP contribution in [0.1, 0.15) is 11.1 Å². The molecular formula is C15H15O2. The number of rotatable bonds is 5. The van der Waals surface area contributed by atoms with E-state index in [2.05, 4.69) is 0 Å². The van der Waals surface area contributed by atoms with E-state index in [0.717, 1.165) is 17.7 Å². The third-order valence-corrected chi connectivity index (χ3v) is 2.59. The van der Waals surface area contributed by atoms with Crippen LogP contribution in [0.15, 0.2) is 54.6 Å². The van der Waals surface area contributed by atoms with Gasteiger partial charge in [0.25, 0.3) is 0 Å². The lowest BCUT2D eigenvalue weighted by Gasteiger charge is -2.06. The Kier molecular flexibility index (Phi) is 4.17. The van der Waals surface area contributed by atoms with Gasteiger partial charge in [0.05, 0.1) is 6.61 Å². The molecule has 0 unspecified atom stereocenters. The van der Waals surface area contributed by atoms with Crippen LogP contribution in [-0.2, 0) is 18.1 Å². The van der Waals surface area contributed by atoms with Crippen molar-refractivity contribution in [1.29, 1.82) is 0 Å². The van der Waals surface area contributed by atoms with Crippen molar-refractivity contribution in [3.05, 3.63) is 65.7 Å². The fourth-order valence-corrected chi connectivity index (χ4v) is 1.61. The second kappa shape index (κ2) is 6.06. The van der Waals surface area contributed by atoms with Crippen molar-refractivity contribution >= 4 is 0 Å². The van der Waals surface area contributed by atoms with E-state index >= 15 is 0 Å². The van der Waals surface area contributed by atoms with Gasteiger partial charge in [-0.15, -0.1) is 0 Å². The van der Waals surface area contributed by atoms with Crippen LogP contribution in [0.25, 0.3) is 0 Å².